The van der Waals surface area contributed by atoms with Gasteiger partial charge in [-0.1, -0.05) is 11.6 Å². The minimum Gasteiger partial charge on any atom is -0.487 e. The highest BCUT2D eigenvalue weighted by molar-refractivity contribution is 6.30. The van der Waals surface area contributed by atoms with Crippen molar-refractivity contribution < 1.29 is 19.4 Å². The lowest BCUT2D eigenvalue weighted by Gasteiger charge is -2.24. The van der Waals surface area contributed by atoms with E-state index in [2.05, 4.69) is 0 Å². The van der Waals surface area contributed by atoms with Crippen molar-refractivity contribution in [3.8, 4) is 5.75 Å². The summed E-state index contributed by atoms with van der Waals surface area (Å²) in [5.41, 5.74) is 0.248. The average molecular weight is 333 g/mol. The summed E-state index contributed by atoms with van der Waals surface area (Å²) in [5, 5.41) is 9.43. The number of hydrogen-bond acceptors (Lipinski definition) is 3. The van der Waals surface area contributed by atoms with Crippen LogP contribution < -0.4 is 4.74 Å². The van der Waals surface area contributed by atoms with Gasteiger partial charge in [0.15, 0.2) is 5.78 Å². The van der Waals surface area contributed by atoms with E-state index in [0.717, 1.165) is 0 Å². The van der Waals surface area contributed by atoms with Crippen LogP contribution in [0.3, 0.4) is 0 Å². The Balaban J connectivity index is 2.11. The molecule has 0 fully saturated rings. The van der Waals surface area contributed by atoms with Crippen LogP contribution in [0.4, 0.5) is 0 Å². The molecular weight excluding hydrogens is 316 g/mol. The fourth-order valence-electron chi connectivity index (χ4n) is 2.16. The monoisotopic (exact) mass is 332 g/mol. The molecule has 4 nitrogen and oxygen atoms in total. The first-order valence-corrected chi connectivity index (χ1v) is 7.46. The predicted molar refractivity (Wildman–Crippen MR) is 88.3 cm³/mol. The van der Waals surface area contributed by atoms with Crippen LogP contribution in [0, 0.1) is 0 Å². The molecule has 0 amide bonds. The zero-order chi connectivity index (χ0) is 17.0. The van der Waals surface area contributed by atoms with Gasteiger partial charge in [-0.25, -0.2) is 0 Å². The summed E-state index contributed by atoms with van der Waals surface area (Å²) in [5.74, 6) is -0.522. The van der Waals surface area contributed by atoms with Crippen LogP contribution in [0.25, 0.3) is 0 Å². The molecule has 0 spiro atoms. The molecule has 23 heavy (non-hydrogen) atoms. The number of rotatable bonds is 6. The van der Waals surface area contributed by atoms with E-state index >= 15 is 0 Å². The Bertz CT molecular complexity index is 703. The number of benzene rings is 2. The summed E-state index contributed by atoms with van der Waals surface area (Å²) < 4.78 is 5.66. The third-order valence-electron chi connectivity index (χ3n) is 3.19. The lowest BCUT2D eigenvalue weighted by Crippen LogP contribution is -2.31. The van der Waals surface area contributed by atoms with Gasteiger partial charge in [0.1, 0.15) is 11.4 Å². The predicted octanol–water partition coefficient (Wildman–Crippen LogP) is 4.20. The Hall–Kier alpha value is -2.33. The van der Waals surface area contributed by atoms with Crippen molar-refractivity contribution in [2.75, 3.05) is 0 Å². The van der Waals surface area contributed by atoms with Crippen LogP contribution in [0.1, 0.15) is 36.2 Å². The molecule has 0 saturated heterocycles. The maximum absolute atomic E-state index is 12.3. The van der Waals surface area contributed by atoms with Crippen LogP contribution in [0.15, 0.2) is 48.5 Å². The summed E-state index contributed by atoms with van der Waals surface area (Å²) in [6.07, 6.45) is -0.113. The summed E-state index contributed by atoms with van der Waals surface area (Å²) in [6, 6.07) is 13.3. The van der Waals surface area contributed by atoms with Crippen molar-refractivity contribution in [3.63, 3.8) is 0 Å². The van der Waals surface area contributed by atoms with Gasteiger partial charge >= 0.3 is 5.97 Å². The minimum atomic E-state index is -0.926. The molecule has 0 aliphatic rings. The molecule has 0 atom stereocenters. The van der Waals surface area contributed by atoms with Crippen molar-refractivity contribution in [2.45, 2.75) is 25.9 Å². The summed E-state index contributed by atoms with van der Waals surface area (Å²) >= 11 is 5.81. The van der Waals surface area contributed by atoms with Gasteiger partial charge in [0.05, 0.1) is 6.42 Å². The summed E-state index contributed by atoms with van der Waals surface area (Å²) in [7, 11) is 0. The normalized spacial score (nSPS) is 11.1. The smallest absolute Gasteiger partial charge is 0.307 e. The number of carbonyl (C=O) groups is 2. The lowest BCUT2D eigenvalue weighted by molar-refractivity contribution is -0.140. The second-order valence-corrected chi connectivity index (χ2v) is 6.23. The van der Waals surface area contributed by atoms with Crippen LogP contribution >= 0.6 is 11.6 Å². The number of ether oxygens (including phenoxy) is 1. The maximum atomic E-state index is 12.3. The van der Waals surface area contributed by atoms with Crippen molar-refractivity contribution in [2.24, 2.45) is 0 Å². The minimum absolute atomic E-state index is 0.113. The second-order valence-electron chi connectivity index (χ2n) is 5.79. The third-order valence-corrected chi connectivity index (χ3v) is 3.45. The first kappa shape index (κ1) is 17.0. The SMILES string of the molecule is CC(C)(CC(=O)O)Oc1ccc(C(=O)c2ccc(Cl)cc2)cc1. The summed E-state index contributed by atoms with van der Waals surface area (Å²) in [4.78, 5) is 23.1. The van der Waals surface area contributed by atoms with Crippen LogP contribution in [0.2, 0.25) is 5.02 Å². The number of carbonyl (C=O) groups excluding carboxylic acids is 1. The van der Waals surface area contributed by atoms with E-state index in [1.807, 2.05) is 0 Å². The Labute approximate surface area is 139 Å². The number of aliphatic carboxylic acids is 1. The third kappa shape index (κ3) is 4.83. The Morgan fingerprint density at radius 1 is 1.00 bits per heavy atom. The second kappa shape index (κ2) is 6.84. The molecule has 0 saturated carbocycles. The van der Waals surface area contributed by atoms with E-state index in [4.69, 9.17) is 21.4 Å². The van der Waals surface area contributed by atoms with Gasteiger partial charge in [0.25, 0.3) is 0 Å². The first-order valence-electron chi connectivity index (χ1n) is 7.08. The fourth-order valence-corrected chi connectivity index (χ4v) is 2.29. The lowest BCUT2D eigenvalue weighted by atomic mass is 10.0. The molecule has 0 aliphatic carbocycles. The zero-order valence-corrected chi connectivity index (χ0v) is 13.6. The molecule has 2 rings (SSSR count). The molecule has 0 unspecified atom stereocenters. The van der Waals surface area contributed by atoms with E-state index in [1.54, 1.807) is 62.4 Å². The number of carboxylic acids is 1. The molecule has 0 bridgehead atoms. The Morgan fingerprint density at radius 3 is 1.96 bits per heavy atom. The highest BCUT2D eigenvalue weighted by Crippen LogP contribution is 2.22. The topological polar surface area (TPSA) is 63.6 Å². The van der Waals surface area contributed by atoms with Gasteiger partial charge in [0, 0.05) is 16.1 Å². The van der Waals surface area contributed by atoms with Gasteiger partial charge in [-0.15, -0.1) is 0 Å². The van der Waals surface area contributed by atoms with Crippen molar-refractivity contribution in [1.82, 2.24) is 0 Å². The van der Waals surface area contributed by atoms with E-state index in [-0.39, 0.29) is 12.2 Å². The maximum Gasteiger partial charge on any atom is 0.307 e. The van der Waals surface area contributed by atoms with Crippen LogP contribution in [0.5, 0.6) is 5.75 Å². The Morgan fingerprint density at radius 2 is 1.48 bits per heavy atom. The fraction of sp³-hybridized carbons (Fsp3) is 0.222. The molecule has 1 N–H and O–H groups in total. The first-order chi connectivity index (χ1) is 10.8. The standard InChI is InChI=1S/C18H17ClO4/c1-18(2,11-16(20)21)23-15-9-5-13(6-10-15)17(22)12-3-7-14(19)8-4-12/h3-10H,11H2,1-2H3,(H,20,21). The number of ketones is 1. The van der Waals surface area contributed by atoms with E-state index in [9.17, 15) is 9.59 Å². The average Bonchev–Trinajstić information content (AvgIpc) is 2.46. The largest absolute Gasteiger partial charge is 0.487 e. The van der Waals surface area contributed by atoms with Gasteiger partial charge in [-0.3, -0.25) is 9.59 Å². The summed E-state index contributed by atoms with van der Waals surface area (Å²) in [6.45, 7) is 3.40. The van der Waals surface area contributed by atoms with Crippen molar-refractivity contribution in [1.29, 1.82) is 0 Å². The number of halogens is 1. The molecule has 0 aliphatic heterocycles. The molecule has 2 aromatic rings. The van der Waals surface area contributed by atoms with Gasteiger partial charge in [-0.2, -0.15) is 0 Å². The quantitative estimate of drug-likeness (QED) is 0.805. The van der Waals surface area contributed by atoms with E-state index in [1.165, 1.54) is 0 Å². The zero-order valence-electron chi connectivity index (χ0n) is 12.9. The molecule has 5 heteroatoms. The Kier molecular flexibility index (Phi) is 5.06. The van der Waals surface area contributed by atoms with Crippen LogP contribution in [-0.4, -0.2) is 22.5 Å². The van der Waals surface area contributed by atoms with E-state index < -0.39 is 11.6 Å². The van der Waals surface area contributed by atoms with E-state index in [0.29, 0.717) is 21.9 Å². The number of hydrogen-bond donors (Lipinski definition) is 1. The molecule has 2 aromatic carbocycles. The number of carboxylic acid groups (broad SMARTS) is 1. The molecule has 0 radical (unpaired) electrons. The van der Waals surface area contributed by atoms with Crippen LogP contribution in [-0.2, 0) is 4.79 Å². The van der Waals surface area contributed by atoms with Gasteiger partial charge in [-0.05, 0) is 62.4 Å². The highest BCUT2D eigenvalue weighted by atomic mass is 35.5. The van der Waals surface area contributed by atoms with Gasteiger partial charge in [0.2, 0.25) is 0 Å². The highest BCUT2D eigenvalue weighted by Gasteiger charge is 2.23. The molecule has 120 valence electrons. The van der Waals surface area contributed by atoms with Gasteiger partial charge < -0.3 is 9.84 Å². The molecular formula is C18H17ClO4. The molecule has 0 heterocycles. The van der Waals surface area contributed by atoms with Crippen molar-refractivity contribution in [3.05, 3.63) is 64.7 Å². The van der Waals surface area contributed by atoms with Crippen molar-refractivity contribution >= 4 is 23.4 Å². The molecule has 0 aromatic heterocycles.